The summed E-state index contributed by atoms with van der Waals surface area (Å²) in [5, 5.41) is 6.09. The van der Waals surface area contributed by atoms with Crippen LogP contribution in [0.5, 0.6) is 0 Å². The van der Waals surface area contributed by atoms with Crippen LogP contribution in [-0.2, 0) is 9.59 Å². The Hall–Kier alpha value is -1.06. The van der Waals surface area contributed by atoms with Crippen LogP contribution >= 0.6 is 0 Å². The van der Waals surface area contributed by atoms with Crippen LogP contribution in [-0.4, -0.2) is 23.9 Å². The molecule has 4 fully saturated rings. The molecule has 0 aromatic heterocycles. The third-order valence-corrected chi connectivity index (χ3v) is 6.78. The van der Waals surface area contributed by atoms with Gasteiger partial charge in [-0.2, -0.15) is 0 Å². The molecule has 0 aromatic carbocycles. The molecule has 2 amide bonds. The number of hydrogen-bond donors (Lipinski definition) is 2. The van der Waals surface area contributed by atoms with Gasteiger partial charge >= 0.3 is 0 Å². The first-order valence-corrected chi connectivity index (χ1v) is 9.70. The van der Waals surface area contributed by atoms with E-state index in [0.29, 0.717) is 5.41 Å². The molecule has 0 aromatic rings. The zero-order valence-electron chi connectivity index (χ0n) is 15.9. The zero-order valence-corrected chi connectivity index (χ0v) is 15.9. The summed E-state index contributed by atoms with van der Waals surface area (Å²) in [6.45, 7) is 9.57. The number of carbonyl (C=O) groups excluding carboxylic acids is 2. The van der Waals surface area contributed by atoms with Crippen LogP contribution in [0.1, 0.15) is 73.1 Å². The summed E-state index contributed by atoms with van der Waals surface area (Å²) in [6, 6.07) is -0.277. The second kappa shape index (κ2) is 6.03. The van der Waals surface area contributed by atoms with E-state index in [1.54, 1.807) is 6.92 Å². The van der Waals surface area contributed by atoms with Crippen LogP contribution in [0.2, 0.25) is 0 Å². The fourth-order valence-corrected chi connectivity index (χ4v) is 5.68. The van der Waals surface area contributed by atoms with Gasteiger partial charge in [0.2, 0.25) is 11.8 Å². The summed E-state index contributed by atoms with van der Waals surface area (Å²) in [6.07, 6.45) is 8.09. The van der Waals surface area contributed by atoms with Gasteiger partial charge in [-0.05, 0) is 75.5 Å². The molecule has 2 atom stereocenters. The predicted octanol–water partition coefficient (Wildman–Crippen LogP) is 3.26. The zero-order chi connectivity index (χ0) is 17.7. The molecule has 4 bridgehead atoms. The van der Waals surface area contributed by atoms with Gasteiger partial charge in [0.25, 0.3) is 0 Å². The fraction of sp³-hybridized carbons (Fsp3) is 0.900. The van der Waals surface area contributed by atoms with Gasteiger partial charge in [0, 0.05) is 11.5 Å². The second-order valence-corrected chi connectivity index (χ2v) is 9.96. The lowest BCUT2D eigenvalue weighted by molar-refractivity contribution is -0.134. The molecule has 4 heteroatoms. The lowest BCUT2D eigenvalue weighted by atomic mass is 9.48. The molecule has 4 nitrogen and oxygen atoms in total. The third kappa shape index (κ3) is 3.34. The van der Waals surface area contributed by atoms with Gasteiger partial charge in [-0.3, -0.25) is 9.59 Å². The fourth-order valence-electron chi connectivity index (χ4n) is 5.68. The Balaban J connectivity index is 1.59. The highest BCUT2D eigenvalue weighted by Crippen LogP contribution is 2.61. The molecule has 0 heterocycles. The molecule has 136 valence electrons. The standard InChI is InChI=1S/C20H34N2O2/c1-12(21-18(24)19(3,4)5)17(23)22-13(2)20-9-14-6-15(10-20)8-16(7-14)11-20/h12-16H,6-11H2,1-5H3,(H,21,24)(H,22,23). The lowest BCUT2D eigenvalue weighted by Gasteiger charge is -2.59. The molecule has 0 spiro atoms. The average molecular weight is 335 g/mol. The number of amides is 2. The minimum atomic E-state index is -0.479. The molecule has 4 saturated carbocycles. The minimum absolute atomic E-state index is 0.0455. The summed E-state index contributed by atoms with van der Waals surface area (Å²) in [7, 11) is 0. The molecule has 0 radical (unpaired) electrons. The van der Waals surface area contributed by atoms with Gasteiger partial charge in [-0.25, -0.2) is 0 Å². The molecule has 0 aliphatic heterocycles. The van der Waals surface area contributed by atoms with Crippen molar-refractivity contribution in [1.29, 1.82) is 0 Å². The van der Waals surface area contributed by atoms with E-state index in [1.165, 1.54) is 38.5 Å². The van der Waals surface area contributed by atoms with Crippen LogP contribution in [0.25, 0.3) is 0 Å². The van der Waals surface area contributed by atoms with Gasteiger partial charge in [-0.1, -0.05) is 20.8 Å². The first kappa shape index (κ1) is 17.8. The Morgan fingerprint density at radius 3 is 1.79 bits per heavy atom. The molecule has 24 heavy (non-hydrogen) atoms. The van der Waals surface area contributed by atoms with Crippen LogP contribution in [0.15, 0.2) is 0 Å². The van der Waals surface area contributed by atoms with Crippen molar-refractivity contribution in [3.05, 3.63) is 0 Å². The summed E-state index contributed by atoms with van der Waals surface area (Å²) in [5.74, 6) is 2.53. The maximum Gasteiger partial charge on any atom is 0.242 e. The van der Waals surface area contributed by atoms with E-state index in [-0.39, 0.29) is 17.9 Å². The average Bonchev–Trinajstić information content (AvgIpc) is 2.44. The molecule has 4 rings (SSSR count). The molecule has 4 aliphatic carbocycles. The summed E-state index contributed by atoms with van der Waals surface area (Å²) in [4.78, 5) is 24.7. The van der Waals surface area contributed by atoms with Crippen molar-refractivity contribution in [3.63, 3.8) is 0 Å². The van der Waals surface area contributed by atoms with Gasteiger partial charge < -0.3 is 10.6 Å². The van der Waals surface area contributed by atoms with Crippen LogP contribution in [0.4, 0.5) is 0 Å². The Morgan fingerprint density at radius 1 is 0.917 bits per heavy atom. The van der Waals surface area contributed by atoms with E-state index in [2.05, 4.69) is 17.6 Å². The van der Waals surface area contributed by atoms with Crippen molar-refractivity contribution in [2.45, 2.75) is 85.2 Å². The summed E-state index contributed by atoms with van der Waals surface area (Å²) in [5.41, 5.74) is -0.168. The normalized spacial score (nSPS) is 37.0. The molecule has 2 N–H and O–H groups in total. The minimum Gasteiger partial charge on any atom is -0.351 e. The van der Waals surface area contributed by atoms with E-state index >= 15 is 0 Å². The number of rotatable bonds is 4. The quantitative estimate of drug-likeness (QED) is 0.829. The molecular formula is C20H34N2O2. The first-order chi connectivity index (χ1) is 11.1. The van der Waals surface area contributed by atoms with Crippen molar-refractivity contribution < 1.29 is 9.59 Å². The summed E-state index contributed by atoms with van der Waals surface area (Å²) >= 11 is 0. The maximum absolute atomic E-state index is 12.6. The van der Waals surface area contributed by atoms with Gasteiger partial charge in [0.05, 0.1) is 0 Å². The topological polar surface area (TPSA) is 58.2 Å². The summed E-state index contributed by atoms with van der Waals surface area (Å²) < 4.78 is 0. The molecular weight excluding hydrogens is 300 g/mol. The molecule has 2 unspecified atom stereocenters. The first-order valence-electron chi connectivity index (χ1n) is 9.70. The Labute approximate surface area is 146 Å². The van der Waals surface area contributed by atoms with Crippen molar-refractivity contribution in [3.8, 4) is 0 Å². The van der Waals surface area contributed by atoms with Crippen molar-refractivity contribution in [2.75, 3.05) is 0 Å². The molecule has 4 aliphatic rings. The number of nitrogens with one attached hydrogen (secondary N) is 2. The van der Waals surface area contributed by atoms with Crippen molar-refractivity contribution in [2.24, 2.45) is 28.6 Å². The van der Waals surface area contributed by atoms with E-state index in [9.17, 15) is 9.59 Å². The Kier molecular flexibility index (Phi) is 4.46. The largest absolute Gasteiger partial charge is 0.351 e. The van der Waals surface area contributed by atoms with Crippen molar-refractivity contribution in [1.82, 2.24) is 10.6 Å². The van der Waals surface area contributed by atoms with Crippen LogP contribution in [0, 0.1) is 28.6 Å². The van der Waals surface area contributed by atoms with Crippen LogP contribution in [0.3, 0.4) is 0 Å². The lowest BCUT2D eigenvalue weighted by Crippen LogP contribution is -2.58. The van der Waals surface area contributed by atoms with Crippen molar-refractivity contribution >= 4 is 11.8 Å². The maximum atomic E-state index is 12.6. The smallest absolute Gasteiger partial charge is 0.242 e. The predicted molar refractivity (Wildman–Crippen MR) is 95.3 cm³/mol. The van der Waals surface area contributed by atoms with Crippen LogP contribution < -0.4 is 10.6 Å². The highest BCUT2D eigenvalue weighted by Gasteiger charge is 2.53. The van der Waals surface area contributed by atoms with Gasteiger partial charge in [0.15, 0.2) is 0 Å². The van der Waals surface area contributed by atoms with E-state index in [0.717, 1.165) is 17.8 Å². The SMILES string of the molecule is CC(NC(=O)C(C)(C)C)C(=O)NC(C)C12CC3CC(CC(C3)C1)C2. The van der Waals surface area contributed by atoms with E-state index < -0.39 is 11.5 Å². The number of carbonyl (C=O) groups is 2. The van der Waals surface area contributed by atoms with E-state index in [1.807, 2.05) is 20.8 Å². The second-order valence-electron chi connectivity index (χ2n) is 9.96. The van der Waals surface area contributed by atoms with Gasteiger partial charge in [0.1, 0.15) is 6.04 Å². The highest BCUT2D eigenvalue weighted by molar-refractivity contribution is 5.89. The third-order valence-electron chi connectivity index (χ3n) is 6.78. The Morgan fingerprint density at radius 2 is 1.38 bits per heavy atom. The number of hydrogen-bond acceptors (Lipinski definition) is 2. The monoisotopic (exact) mass is 334 g/mol. The Bertz CT molecular complexity index is 485. The molecule has 0 saturated heterocycles. The van der Waals surface area contributed by atoms with E-state index in [4.69, 9.17) is 0 Å². The van der Waals surface area contributed by atoms with Gasteiger partial charge in [-0.15, -0.1) is 0 Å². The highest BCUT2D eigenvalue weighted by atomic mass is 16.2.